The number of aliphatic hydroxyl groups is 1. The summed E-state index contributed by atoms with van der Waals surface area (Å²) < 4.78 is 18.3. The monoisotopic (exact) mass is 511 g/mol. The topological polar surface area (TPSA) is 77.0 Å². The fraction of sp³-hybridized carbons (Fsp3) is 0.323. The van der Waals surface area contributed by atoms with Crippen molar-refractivity contribution in [1.82, 2.24) is 5.32 Å². The van der Waals surface area contributed by atoms with Crippen LogP contribution in [-0.2, 0) is 20.7 Å². The first kappa shape index (κ1) is 26.2. The van der Waals surface area contributed by atoms with Gasteiger partial charge in [0.1, 0.15) is 6.61 Å². The van der Waals surface area contributed by atoms with Crippen molar-refractivity contribution in [1.29, 1.82) is 0 Å². The average Bonchev–Trinajstić information content (AvgIpc) is 3.34. The third-order valence-electron chi connectivity index (χ3n) is 7.90. The molecule has 6 nitrogen and oxygen atoms in total. The molecule has 3 aromatic rings. The van der Waals surface area contributed by atoms with Gasteiger partial charge in [0.2, 0.25) is 0 Å². The lowest BCUT2D eigenvalue weighted by atomic mass is 9.76. The molecule has 3 aromatic carbocycles. The molecule has 0 spiro atoms. The van der Waals surface area contributed by atoms with Gasteiger partial charge in [0.05, 0.1) is 17.8 Å². The summed E-state index contributed by atoms with van der Waals surface area (Å²) in [5.74, 6) is -0.0114. The summed E-state index contributed by atoms with van der Waals surface area (Å²) in [4.78, 5) is 12.9. The van der Waals surface area contributed by atoms with Crippen molar-refractivity contribution in [2.75, 3.05) is 13.2 Å². The van der Waals surface area contributed by atoms with Crippen LogP contribution in [0.25, 0.3) is 17.2 Å². The maximum Gasteiger partial charge on any atom is 0.492 e. The van der Waals surface area contributed by atoms with Gasteiger partial charge >= 0.3 is 13.2 Å². The Balaban J connectivity index is 1.31. The lowest BCUT2D eigenvalue weighted by Crippen LogP contribution is -2.41. The zero-order valence-electron chi connectivity index (χ0n) is 22.4. The molecule has 0 saturated carbocycles. The maximum atomic E-state index is 12.9. The first-order chi connectivity index (χ1) is 18.2. The van der Waals surface area contributed by atoms with E-state index in [0.29, 0.717) is 0 Å². The third-order valence-corrected chi connectivity index (χ3v) is 7.90. The van der Waals surface area contributed by atoms with E-state index < -0.39 is 24.4 Å². The van der Waals surface area contributed by atoms with Crippen LogP contribution >= 0.6 is 0 Å². The van der Waals surface area contributed by atoms with Gasteiger partial charge in [-0.2, -0.15) is 0 Å². The molecular formula is C31H34BNO5. The van der Waals surface area contributed by atoms with Gasteiger partial charge in [0.25, 0.3) is 0 Å². The molecule has 1 aliphatic heterocycles. The van der Waals surface area contributed by atoms with Gasteiger partial charge in [0.15, 0.2) is 0 Å². The van der Waals surface area contributed by atoms with E-state index in [2.05, 4.69) is 29.6 Å². The normalized spacial score (nSPS) is 17.7. The van der Waals surface area contributed by atoms with Crippen LogP contribution < -0.4 is 5.32 Å². The fourth-order valence-electron chi connectivity index (χ4n) is 5.04. The number of ether oxygens (including phenoxy) is 1. The van der Waals surface area contributed by atoms with Gasteiger partial charge in [-0.3, -0.25) is 0 Å². The van der Waals surface area contributed by atoms with Crippen molar-refractivity contribution >= 4 is 19.3 Å². The lowest BCUT2D eigenvalue weighted by Gasteiger charge is -2.32. The number of carbonyl (C=O) groups is 1. The van der Waals surface area contributed by atoms with Crippen molar-refractivity contribution in [3.8, 4) is 11.1 Å². The van der Waals surface area contributed by atoms with Crippen LogP contribution in [0, 0.1) is 0 Å². The van der Waals surface area contributed by atoms with Crippen molar-refractivity contribution in [2.45, 2.75) is 51.4 Å². The van der Waals surface area contributed by atoms with Crippen LogP contribution in [0.3, 0.4) is 0 Å². The molecule has 5 rings (SSSR count). The second-order valence-electron chi connectivity index (χ2n) is 10.8. The standard InChI is InChI=1S/C31H34BNO5/c1-30(2)31(3,4)38-32(37-30)23(17-21-11-5-6-12-22(21)19-34)18-33-29(35)36-20-28-26-15-9-7-13-24(26)25-14-8-10-16-27(25)28/h5-17,28,34H,18-20H2,1-4H3,(H,33,35). The van der Waals surface area contributed by atoms with Crippen LogP contribution in [0.2, 0.25) is 0 Å². The SMILES string of the molecule is CC1(C)OB(C(=Cc2ccccc2CO)CNC(=O)OCC2c3ccccc3-c3ccccc32)OC1(C)C. The van der Waals surface area contributed by atoms with E-state index in [9.17, 15) is 9.90 Å². The van der Waals surface area contributed by atoms with E-state index in [0.717, 1.165) is 16.6 Å². The van der Waals surface area contributed by atoms with E-state index in [1.807, 2.05) is 82.3 Å². The molecule has 0 radical (unpaired) electrons. The molecule has 1 heterocycles. The Kier molecular flexibility index (Phi) is 7.18. The molecule has 0 bridgehead atoms. The first-order valence-electron chi connectivity index (χ1n) is 13.0. The first-order valence-corrected chi connectivity index (χ1v) is 13.0. The molecule has 0 unspecified atom stereocenters. The molecule has 38 heavy (non-hydrogen) atoms. The van der Waals surface area contributed by atoms with Crippen molar-refractivity contribution in [3.63, 3.8) is 0 Å². The summed E-state index contributed by atoms with van der Waals surface area (Å²) in [6, 6.07) is 24.1. The van der Waals surface area contributed by atoms with Crippen LogP contribution in [0.1, 0.15) is 55.9 Å². The van der Waals surface area contributed by atoms with Gasteiger partial charge in [-0.1, -0.05) is 78.9 Å². The van der Waals surface area contributed by atoms with Gasteiger partial charge in [-0.15, -0.1) is 0 Å². The molecule has 2 aliphatic rings. The highest BCUT2D eigenvalue weighted by Gasteiger charge is 2.52. The molecule has 2 N–H and O–H groups in total. The average molecular weight is 511 g/mol. The minimum absolute atomic E-state index is 0.0114. The van der Waals surface area contributed by atoms with Crippen LogP contribution in [0.4, 0.5) is 4.79 Å². The number of nitrogens with one attached hydrogen (secondary N) is 1. The minimum atomic E-state index is -0.652. The number of hydrogen-bond acceptors (Lipinski definition) is 5. The number of rotatable bonds is 7. The Morgan fingerprint density at radius 2 is 1.47 bits per heavy atom. The lowest BCUT2D eigenvalue weighted by molar-refractivity contribution is 0.00578. The minimum Gasteiger partial charge on any atom is -0.449 e. The quantitative estimate of drug-likeness (QED) is 0.396. The second-order valence-corrected chi connectivity index (χ2v) is 10.8. The summed E-state index contributed by atoms with van der Waals surface area (Å²) >= 11 is 0. The highest BCUT2D eigenvalue weighted by molar-refractivity contribution is 6.56. The van der Waals surface area contributed by atoms with Crippen molar-refractivity contribution in [3.05, 3.63) is 101 Å². The predicted molar refractivity (Wildman–Crippen MR) is 149 cm³/mol. The van der Waals surface area contributed by atoms with Crippen LogP contribution in [0.5, 0.6) is 0 Å². The van der Waals surface area contributed by atoms with E-state index in [-0.39, 0.29) is 25.7 Å². The molecule has 0 aromatic heterocycles. The molecule has 1 fully saturated rings. The largest absolute Gasteiger partial charge is 0.492 e. The highest BCUT2D eigenvalue weighted by Crippen LogP contribution is 2.44. The molecule has 1 saturated heterocycles. The van der Waals surface area contributed by atoms with Gasteiger partial charge < -0.3 is 24.5 Å². The van der Waals surface area contributed by atoms with E-state index >= 15 is 0 Å². The van der Waals surface area contributed by atoms with Gasteiger partial charge in [-0.25, -0.2) is 4.79 Å². The Morgan fingerprint density at radius 3 is 2.08 bits per heavy atom. The Bertz CT molecular complexity index is 1300. The molecular weight excluding hydrogens is 477 g/mol. The van der Waals surface area contributed by atoms with Crippen LogP contribution in [-0.4, -0.2) is 42.7 Å². The number of alkyl carbamates (subject to hydrolysis) is 1. The highest BCUT2D eigenvalue weighted by atomic mass is 16.7. The number of amides is 1. The Morgan fingerprint density at radius 1 is 0.921 bits per heavy atom. The van der Waals surface area contributed by atoms with Gasteiger partial charge in [-0.05, 0) is 66.5 Å². The summed E-state index contributed by atoms with van der Waals surface area (Å²) in [6.45, 7) is 8.28. The Hall–Kier alpha value is -3.39. The van der Waals surface area contributed by atoms with Gasteiger partial charge in [0, 0.05) is 12.5 Å². The third kappa shape index (κ3) is 5.02. The smallest absolute Gasteiger partial charge is 0.449 e. The maximum absolute atomic E-state index is 12.9. The van der Waals surface area contributed by atoms with Crippen molar-refractivity contribution in [2.24, 2.45) is 0 Å². The zero-order valence-corrected chi connectivity index (χ0v) is 22.4. The van der Waals surface area contributed by atoms with Crippen molar-refractivity contribution < 1.29 is 23.9 Å². The van der Waals surface area contributed by atoms with E-state index in [1.54, 1.807) is 0 Å². The number of hydrogen-bond donors (Lipinski definition) is 2. The summed E-state index contributed by atoms with van der Waals surface area (Å²) in [6.07, 6.45) is 1.40. The number of fused-ring (bicyclic) bond motifs is 3. The van der Waals surface area contributed by atoms with E-state index in [4.69, 9.17) is 14.0 Å². The molecule has 7 heteroatoms. The van der Waals surface area contributed by atoms with E-state index in [1.165, 1.54) is 22.3 Å². The summed E-state index contributed by atoms with van der Waals surface area (Å²) in [5.41, 5.74) is 6.00. The van der Waals surface area contributed by atoms with Crippen LogP contribution in [0.15, 0.2) is 78.3 Å². The second kappa shape index (κ2) is 10.4. The summed E-state index contributed by atoms with van der Waals surface area (Å²) in [7, 11) is -0.652. The zero-order chi connectivity index (χ0) is 26.9. The molecule has 1 aliphatic carbocycles. The number of aliphatic hydroxyl groups excluding tert-OH is 1. The predicted octanol–water partition coefficient (Wildman–Crippen LogP) is 5.73. The molecule has 0 atom stereocenters. The number of benzene rings is 3. The molecule has 1 amide bonds. The number of carbonyl (C=O) groups excluding carboxylic acids is 1. The molecule has 196 valence electrons. The summed E-state index contributed by atoms with van der Waals surface area (Å²) in [5, 5.41) is 12.7. The fourth-order valence-corrected chi connectivity index (χ4v) is 5.04. The Labute approximate surface area is 224 Å².